The molecule has 37 heavy (non-hydrogen) atoms. The lowest BCUT2D eigenvalue weighted by Gasteiger charge is -2.23. The fourth-order valence-electron chi connectivity index (χ4n) is 4.42. The number of fused-ring (bicyclic) bond motifs is 1. The average molecular weight is 518 g/mol. The number of carbonyl (C=O) groups excluding carboxylic acids is 1. The highest BCUT2D eigenvalue weighted by Gasteiger charge is 2.33. The topological polar surface area (TPSA) is 86.1 Å². The van der Waals surface area contributed by atoms with Gasteiger partial charge in [0, 0.05) is 26.2 Å². The summed E-state index contributed by atoms with van der Waals surface area (Å²) in [5.74, 6) is 1.02. The van der Waals surface area contributed by atoms with E-state index in [-0.39, 0.29) is 49.7 Å². The average Bonchev–Trinajstić information content (AvgIpc) is 3.64. The highest BCUT2D eigenvalue weighted by molar-refractivity contribution is 5.91. The fourth-order valence-corrected chi connectivity index (χ4v) is 4.42. The predicted molar refractivity (Wildman–Crippen MR) is 125 cm³/mol. The van der Waals surface area contributed by atoms with E-state index in [0.29, 0.717) is 24.7 Å². The molecule has 1 N–H and O–H groups in total. The molecular formula is C26H26F3N3O5. The van der Waals surface area contributed by atoms with Gasteiger partial charge in [-0.2, -0.15) is 13.2 Å². The van der Waals surface area contributed by atoms with Crippen LogP contribution in [0.2, 0.25) is 0 Å². The molecule has 3 heterocycles. The van der Waals surface area contributed by atoms with Crippen LogP contribution in [0.3, 0.4) is 0 Å². The Bertz CT molecular complexity index is 1240. The molecule has 0 unspecified atom stereocenters. The van der Waals surface area contributed by atoms with Gasteiger partial charge in [0.15, 0.2) is 17.2 Å². The number of hydrogen-bond donors (Lipinski definition) is 1. The lowest BCUT2D eigenvalue weighted by molar-refractivity contribution is -0.138. The van der Waals surface area contributed by atoms with Crippen molar-refractivity contribution in [2.24, 2.45) is 0 Å². The Kier molecular flexibility index (Phi) is 7.33. The van der Waals surface area contributed by atoms with Crippen molar-refractivity contribution < 1.29 is 36.6 Å². The molecule has 0 saturated carbocycles. The number of hydrogen-bond acceptors (Lipinski definition) is 7. The Morgan fingerprint density at radius 1 is 1.08 bits per heavy atom. The molecule has 3 aromatic rings. The maximum atomic E-state index is 13.6. The van der Waals surface area contributed by atoms with Crippen LogP contribution >= 0.6 is 0 Å². The number of oxazole rings is 1. The Morgan fingerprint density at radius 2 is 1.92 bits per heavy atom. The molecule has 1 aromatic heterocycles. The van der Waals surface area contributed by atoms with E-state index >= 15 is 0 Å². The Morgan fingerprint density at radius 3 is 2.73 bits per heavy atom. The number of aromatic nitrogens is 1. The SMILES string of the molecule is O=C(NC[C@H]1CCCO1)c1coc(CN(Cc2ccc3c(c2)OCO3)Cc2ccccc2C(F)(F)F)n1. The highest BCUT2D eigenvalue weighted by atomic mass is 19.4. The van der Waals surface area contributed by atoms with Crippen molar-refractivity contribution in [1.29, 1.82) is 0 Å². The number of carbonyl (C=O) groups is 1. The summed E-state index contributed by atoms with van der Waals surface area (Å²) in [5.41, 5.74) is 0.339. The van der Waals surface area contributed by atoms with Gasteiger partial charge < -0.3 is 23.9 Å². The van der Waals surface area contributed by atoms with Gasteiger partial charge in [0.05, 0.1) is 18.2 Å². The third kappa shape index (κ3) is 6.23. The molecule has 5 rings (SSSR count). The summed E-state index contributed by atoms with van der Waals surface area (Å²) in [7, 11) is 0. The van der Waals surface area contributed by atoms with Gasteiger partial charge >= 0.3 is 6.18 Å². The van der Waals surface area contributed by atoms with E-state index in [4.69, 9.17) is 18.6 Å². The summed E-state index contributed by atoms with van der Waals surface area (Å²) in [6.45, 7) is 1.53. The van der Waals surface area contributed by atoms with Gasteiger partial charge in [-0.3, -0.25) is 9.69 Å². The van der Waals surface area contributed by atoms with E-state index in [0.717, 1.165) is 24.5 Å². The van der Waals surface area contributed by atoms with Crippen LogP contribution in [0.4, 0.5) is 13.2 Å². The first-order chi connectivity index (χ1) is 17.8. The number of nitrogens with one attached hydrogen (secondary N) is 1. The van der Waals surface area contributed by atoms with E-state index in [1.54, 1.807) is 23.1 Å². The van der Waals surface area contributed by atoms with Crippen molar-refractivity contribution in [2.45, 2.75) is 44.8 Å². The van der Waals surface area contributed by atoms with Gasteiger partial charge in [-0.15, -0.1) is 0 Å². The minimum atomic E-state index is -4.49. The van der Waals surface area contributed by atoms with Crippen molar-refractivity contribution in [1.82, 2.24) is 15.2 Å². The van der Waals surface area contributed by atoms with Crippen LogP contribution in [-0.2, 0) is 30.5 Å². The monoisotopic (exact) mass is 517 g/mol. The fraction of sp³-hybridized carbons (Fsp3) is 0.385. The summed E-state index contributed by atoms with van der Waals surface area (Å²) in [4.78, 5) is 18.5. The Labute approximate surface area is 211 Å². The number of alkyl halides is 3. The standard InChI is InChI=1S/C26H26F3N3O5/c27-26(28,29)20-6-2-1-4-18(20)13-32(12-17-7-8-22-23(10-17)37-16-36-22)14-24-31-21(15-35-24)25(33)30-11-19-5-3-9-34-19/h1-2,4,6-8,10,15,19H,3,5,9,11-14,16H2,(H,30,33)/t19-/m1/s1. The quantitative estimate of drug-likeness (QED) is 0.446. The molecule has 11 heteroatoms. The van der Waals surface area contributed by atoms with Crippen LogP contribution in [-0.4, -0.2) is 41.8 Å². The van der Waals surface area contributed by atoms with E-state index in [9.17, 15) is 18.0 Å². The van der Waals surface area contributed by atoms with E-state index < -0.39 is 17.6 Å². The molecule has 1 atom stereocenters. The third-order valence-electron chi connectivity index (χ3n) is 6.22. The number of amides is 1. The molecule has 0 radical (unpaired) electrons. The highest BCUT2D eigenvalue weighted by Crippen LogP contribution is 2.34. The Hall–Kier alpha value is -3.57. The minimum Gasteiger partial charge on any atom is -0.454 e. The molecule has 1 saturated heterocycles. The van der Waals surface area contributed by atoms with Crippen molar-refractivity contribution in [2.75, 3.05) is 19.9 Å². The summed E-state index contributed by atoms with van der Waals surface area (Å²) in [5, 5.41) is 2.78. The zero-order chi connectivity index (χ0) is 25.8. The zero-order valence-corrected chi connectivity index (χ0v) is 19.9. The van der Waals surface area contributed by atoms with Crippen LogP contribution in [0.25, 0.3) is 0 Å². The molecule has 2 aliphatic heterocycles. The van der Waals surface area contributed by atoms with Gasteiger partial charge in [0.1, 0.15) is 6.26 Å². The second kappa shape index (κ2) is 10.8. The van der Waals surface area contributed by atoms with E-state index in [1.807, 2.05) is 6.07 Å². The number of benzene rings is 2. The number of halogens is 3. The number of rotatable bonds is 9. The molecular weight excluding hydrogens is 491 g/mol. The molecule has 0 aliphatic carbocycles. The van der Waals surface area contributed by atoms with Gasteiger partial charge in [0.2, 0.25) is 12.7 Å². The molecule has 1 amide bonds. The molecule has 0 spiro atoms. The molecule has 196 valence electrons. The molecule has 8 nitrogen and oxygen atoms in total. The third-order valence-corrected chi connectivity index (χ3v) is 6.22. The predicted octanol–water partition coefficient (Wildman–Crippen LogP) is 4.53. The lowest BCUT2D eigenvalue weighted by Crippen LogP contribution is -2.32. The maximum Gasteiger partial charge on any atom is 0.416 e. The van der Waals surface area contributed by atoms with Crippen molar-refractivity contribution in [3.05, 3.63) is 77.0 Å². The lowest BCUT2D eigenvalue weighted by atomic mass is 10.1. The second-order valence-corrected chi connectivity index (χ2v) is 8.96. The van der Waals surface area contributed by atoms with E-state index in [1.165, 1.54) is 18.4 Å². The van der Waals surface area contributed by atoms with Gasteiger partial charge in [-0.25, -0.2) is 4.98 Å². The number of ether oxygens (including phenoxy) is 3. The summed E-state index contributed by atoms with van der Waals surface area (Å²) < 4.78 is 62.8. The zero-order valence-electron chi connectivity index (χ0n) is 19.9. The Balaban J connectivity index is 1.33. The van der Waals surface area contributed by atoms with Crippen LogP contribution < -0.4 is 14.8 Å². The second-order valence-electron chi connectivity index (χ2n) is 8.96. The summed E-state index contributed by atoms with van der Waals surface area (Å²) in [6, 6.07) is 10.8. The van der Waals surface area contributed by atoms with Gasteiger partial charge in [0.25, 0.3) is 5.91 Å². The normalized spacial score (nSPS) is 16.9. The first-order valence-electron chi connectivity index (χ1n) is 12.0. The molecule has 1 fully saturated rings. The van der Waals surface area contributed by atoms with E-state index in [2.05, 4.69) is 10.3 Å². The van der Waals surface area contributed by atoms with Crippen molar-refractivity contribution >= 4 is 5.91 Å². The van der Waals surface area contributed by atoms with Crippen LogP contribution in [0.15, 0.2) is 53.1 Å². The van der Waals surface area contributed by atoms with Crippen molar-refractivity contribution in [3.8, 4) is 11.5 Å². The maximum absolute atomic E-state index is 13.6. The van der Waals surface area contributed by atoms with Gasteiger partial charge in [-0.05, 0) is 42.2 Å². The number of nitrogens with zero attached hydrogens (tertiary/aromatic N) is 2. The van der Waals surface area contributed by atoms with Crippen LogP contribution in [0.1, 0.15) is 45.9 Å². The smallest absolute Gasteiger partial charge is 0.416 e. The summed E-state index contributed by atoms with van der Waals surface area (Å²) in [6.07, 6.45) is -1.40. The molecule has 2 aromatic carbocycles. The van der Waals surface area contributed by atoms with Crippen LogP contribution in [0.5, 0.6) is 11.5 Å². The van der Waals surface area contributed by atoms with Gasteiger partial charge in [-0.1, -0.05) is 24.3 Å². The van der Waals surface area contributed by atoms with Crippen LogP contribution in [0, 0.1) is 0 Å². The first kappa shape index (κ1) is 25.1. The first-order valence-corrected chi connectivity index (χ1v) is 12.0. The molecule has 0 bridgehead atoms. The van der Waals surface area contributed by atoms with Crippen molar-refractivity contribution in [3.63, 3.8) is 0 Å². The summed E-state index contributed by atoms with van der Waals surface area (Å²) >= 11 is 0. The largest absolute Gasteiger partial charge is 0.454 e. The molecule has 2 aliphatic rings. The minimum absolute atomic E-state index is 0.0128.